The first-order valence-corrected chi connectivity index (χ1v) is 8.82. The Morgan fingerprint density at radius 3 is 2.19 bits per heavy atom. The van der Waals surface area contributed by atoms with Gasteiger partial charge in [-0.1, -0.05) is 23.7 Å². The van der Waals surface area contributed by atoms with Crippen molar-refractivity contribution in [1.29, 1.82) is 0 Å². The van der Waals surface area contributed by atoms with Crippen molar-refractivity contribution in [2.45, 2.75) is 6.42 Å². The summed E-state index contributed by atoms with van der Waals surface area (Å²) in [6.45, 7) is 4.43. The summed E-state index contributed by atoms with van der Waals surface area (Å²) in [7, 11) is 3.22. The van der Waals surface area contributed by atoms with Gasteiger partial charge in [-0.15, -0.1) is 12.4 Å². The molecular formula is C18H24Cl2N4O2. The number of hydrogen-bond acceptors (Lipinski definition) is 4. The maximum absolute atomic E-state index is 12.1. The van der Waals surface area contributed by atoms with Gasteiger partial charge in [0.15, 0.2) is 0 Å². The van der Waals surface area contributed by atoms with Gasteiger partial charge >= 0.3 is 5.69 Å². The minimum Gasteiger partial charge on any atom is -0.355 e. The fourth-order valence-electron chi connectivity index (χ4n) is 3.16. The highest BCUT2D eigenvalue weighted by Crippen LogP contribution is 2.14. The fourth-order valence-corrected chi connectivity index (χ4v) is 3.29. The Labute approximate surface area is 164 Å². The highest BCUT2D eigenvalue weighted by atomic mass is 35.5. The molecule has 0 atom stereocenters. The molecule has 1 aromatic heterocycles. The lowest BCUT2D eigenvalue weighted by Crippen LogP contribution is -2.49. The third-order valence-corrected chi connectivity index (χ3v) is 5.08. The van der Waals surface area contributed by atoms with Crippen LogP contribution in [0.2, 0.25) is 5.02 Å². The van der Waals surface area contributed by atoms with Crippen LogP contribution >= 0.6 is 24.0 Å². The second kappa shape index (κ2) is 8.75. The molecule has 3 rings (SSSR count). The monoisotopic (exact) mass is 398 g/mol. The molecule has 0 N–H and O–H groups in total. The number of hydrogen-bond donors (Lipinski definition) is 0. The predicted molar refractivity (Wildman–Crippen MR) is 108 cm³/mol. The van der Waals surface area contributed by atoms with Crippen LogP contribution in [0.5, 0.6) is 0 Å². The molecule has 0 amide bonds. The second-order valence-corrected chi connectivity index (χ2v) is 6.88. The lowest BCUT2D eigenvalue weighted by atomic mass is 10.1. The van der Waals surface area contributed by atoms with E-state index in [2.05, 4.69) is 21.9 Å². The Morgan fingerprint density at radius 2 is 1.58 bits per heavy atom. The molecule has 2 aromatic rings. The lowest BCUT2D eigenvalue weighted by molar-refractivity contribution is 0.259. The van der Waals surface area contributed by atoms with Crippen molar-refractivity contribution in [1.82, 2.24) is 14.0 Å². The van der Waals surface area contributed by atoms with Gasteiger partial charge in [0.2, 0.25) is 0 Å². The van der Waals surface area contributed by atoms with E-state index in [-0.39, 0.29) is 23.7 Å². The third-order valence-electron chi connectivity index (χ3n) is 4.83. The first kappa shape index (κ1) is 20.6. The number of nitrogens with zero attached hydrogens (tertiary/aromatic N) is 4. The number of halogens is 2. The molecule has 1 fully saturated rings. The number of aromatic nitrogens is 2. The summed E-state index contributed by atoms with van der Waals surface area (Å²) in [5.74, 6) is 0.699. The molecule has 6 nitrogen and oxygen atoms in total. The van der Waals surface area contributed by atoms with Crippen LogP contribution in [0.25, 0.3) is 0 Å². The van der Waals surface area contributed by atoms with Crippen molar-refractivity contribution < 1.29 is 0 Å². The second-order valence-electron chi connectivity index (χ2n) is 6.45. The molecule has 1 saturated heterocycles. The topological polar surface area (TPSA) is 50.5 Å². The highest BCUT2D eigenvalue weighted by Gasteiger charge is 2.20. The summed E-state index contributed by atoms with van der Waals surface area (Å²) in [5.41, 5.74) is 0.733. The van der Waals surface area contributed by atoms with E-state index in [9.17, 15) is 9.59 Å². The molecule has 1 aliphatic rings. The smallest absolute Gasteiger partial charge is 0.332 e. The molecular weight excluding hydrogens is 375 g/mol. The summed E-state index contributed by atoms with van der Waals surface area (Å²) in [6, 6.07) is 9.52. The van der Waals surface area contributed by atoms with Gasteiger partial charge in [-0.3, -0.25) is 18.8 Å². The van der Waals surface area contributed by atoms with Crippen LogP contribution in [0.4, 0.5) is 5.82 Å². The Balaban J connectivity index is 0.00000243. The zero-order valence-electron chi connectivity index (χ0n) is 15.0. The lowest BCUT2D eigenvalue weighted by Gasteiger charge is -2.36. The van der Waals surface area contributed by atoms with E-state index < -0.39 is 0 Å². The van der Waals surface area contributed by atoms with Crippen molar-refractivity contribution in [2.75, 3.05) is 37.6 Å². The van der Waals surface area contributed by atoms with Crippen LogP contribution in [0.3, 0.4) is 0 Å². The number of anilines is 1. The molecule has 26 heavy (non-hydrogen) atoms. The summed E-state index contributed by atoms with van der Waals surface area (Å²) < 4.78 is 2.68. The number of rotatable bonds is 4. The molecule has 1 aromatic carbocycles. The van der Waals surface area contributed by atoms with E-state index in [0.29, 0.717) is 5.82 Å². The molecule has 2 heterocycles. The average Bonchev–Trinajstić information content (AvgIpc) is 2.63. The Bertz CT molecular complexity index is 853. The summed E-state index contributed by atoms with van der Waals surface area (Å²) in [5, 5.41) is 0.761. The maximum atomic E-state index is 12.1. The van der Waals surface area contributed by atoms with E-state index in [1.54, 1.807) is 17.7 Å². The van der Waals surface area contributed by atoms with Gasteiger partial charge < -0.3 is 4.90 Å². The van der Waals surface area contributed by atoms with Crippen LogP contribution < -0.4 is 16.1 Å². The Hall–Kier alpha value is -1.76. The van der Waals surface area contributed by atoms with Crippen LogP contribution in [0.1, 0.15) is 5.56 Å². The Morgan fingerprint density at radius 1 is 0.962 bits per heavy atom. The molecule has 0 spiro atoms. The summed E-state index contributed by atoms with van der Waals surface area (Å²) in [6.07, 6.45) is 0.988. The first-order valence-electron chi connectivity index (χ1n) is 8.44. The minimum absolute atomic E-state index is 0. The molecule has 0 unspecified atom stereocenters. The van der Waals surface area contributed by atoms with Gasteiger partial charge in [0, 0.05) is 57.9 Å². The quantitative estimate of drug-likeness (QED) is 0.783. The predicted octanol–water partition coefficient (Wildman–Crippen LogP) is 1.52. The van der Waals surface area contributed by atoms with Gasteiger partial charge in [0.25, 0.3) is 5.56 Å². The van der Waals surface area contributed by atoms with Crippen molar-refractivity contribution in [2.24, 2.45) is 14.1 Å². The number of piperazine rings is 1. The van der Waals surface area contributed by atoms with Gasteiger partial charge in [-0.05, 0) is 24.1 Å². The van der Waals surface area contributed by atoms with Crippen LogP contribution in [0, 0.1) is 0 Å². The van der Waals surface area contributed by atoms with Gasteiger partial charge in [0.1, 0.15) is 5.82 Å². The normalized spacial score (nSPS) is 15.0. The van der Waals surface area contributed by atoms with E-state index in [4.69, 9.17) is 11.6 Å². The SMILES string of the molecule is Cl.Cn1c(N2CCN(CCc3ccc(Cl)cc3)CC2)cc(=O)n(C)c1=O. The summed E-state index contributed by atoms with van der Waals surface area (Å²) in [4.78, 5) is 28.5. The van der Waals surface area contributed by atoms with Crippen molar-refractivity contribution in [3.8, 4) is 0 Å². The molecule has 1 aliphatic heterocycles. The van der Waals surface area contributed by atoms with E-state index in [0.717, 1.165) is 48.7 Å². The molecule has 0 aliphatic carbocycles. The molecule has 0 bridgehead atoms. The average molecular weight is 399 g/mol. The van der Waals surface area contributed by atoms with Crippen LogP contribution in [-0.4, -0.2) is 46.8 Å². The maximum Gasteiger partial charge on any atom is 0.332 e. The van der Waals surface area contributed by atoms with Crippen LogP contribution in [-0.2, 0) is 20.5 Å². The third kappa shape index (κ3) is 4.50. The van der Waals surface area contributed by atoms with E-state index >= 15 is 0 Å². The zero-order chi connectivity index (χ0) is 18.0. The molecule has 8 heteroatoms. The summed E-state index contributed by atoms with van der Waals surface area (Å²) >= 11 is 5.92. The highest BCUT2D eigenvalue weighted by molar-refractivity contribution is 6.30. The van der Waals surface area contributed by atoms with Crippen molar-refractivity contribution in [3.05, 3.63) is 61.8 Å². The van der Waals surface area contributed by atoms with Gasteiger partial charge in [0.05, 0.1) is 0 Å². The molecule has 0 saturated carbocycles. The Kier molecular flexibility index (Phi) is 6.92. The fraction of sp³-hybridized carbons (Fsp3) is 0.444. The minimum atomic E-state index is -0.285. The standard InChI is InChI=1S/C18H23ClN4O2.ClH/c1-20-16(13-17(24)21(2)18(20)25)23-11-9-22(10-12-23)8-7-14-3-5-15(19)6-4-14;/h3-6,13H,7-12H2,1-2H3;1H. The molecule has 0 radical (unpaired) electrons. The van der Waals surface area contributed by atoms with E-state index in [1.807, 2.05) is 12.1 Å². The van der Waals surface area contributed by atoms with Gasteiger partial charge in [-0.25, -0.2) is 4.79 Å². The number of benzene rings is 1. The zero-order valence-corrected chi connectivity index (χ0v) is 16.6. The first-order chi connectivity index (χ1) is 12.0. The van der Waals surface area contributed by atoms with E-state index in [1.165, 1.54) is 12.6 Å². The largest absolute Gasteiger partial charge is 0.355 e. The van der Waals surface area contributed by atoms with Crippen LogP contribution in [0.15, 0.2) is 39.9 Å². The molecule has 142 valence electrons. The van der Waals surface area contributed by atoms with Gasteiger partial charge in [-0.2, -0.15) is 0 Å². The van der Waals surface area contributed by atoms with Crippen molar-refractivity contribution >= 4 is 29.8 Å². The van der Waals surface area contributed by atoms with Crippen molar-refractivity contribution in [3.63, 3.8) is 0 Å².